The molecule has 8 heteroatoms. The Morgan fingerprint density at radius 2 is 1.88 bits per heavy atom. The van der Waals surface area contributed by atoms with Crippen molar-refractivity contribution in [3.63, 3.8) is 0 Å². The number of nitro groups is 1. The standard InChI is InChI=1S/C25H31N3O5/c1-16(2)14-18-7-9-19(10-8-18)17(3)25(30)27-13-5-6-22(27)24(29)26-21-12-11-20(33-4)15-23(21)28(31)32/h7-12,15-17,22H,5-6,13-14H2,1-4H3,(H,26,29). The molecule has 0 radical (unpaired) electrons. The molecule has 0 aliphatic carbocycles. The van der Waals surface area contributed by atoms with Crippen molar-refractivity contribution in [2.24, 2.45) is 5.92 Å². The summed E-state index contributed by atoms with van der Waals surface area (Å²) >= 11 is 0. The van der Waals surface area contributed by atoms with Crippen molar-refractivity contribution in [1.29, 1.82) is 0 Å². The number of anilines is 1. The number of carbonyl (C=O) groups is 2. The summed E-state index contributed by atoms with van der Waals surface area (Å²) in [7, 11) is 1.42. The van der Waals surface area contributed by atoms with Crippen molar-refractivity contribution < 1.29 is 19.2 Å². The van der Waals surface area contributed by atoms with Crippen LogP contribution >= 0.6 is 0 Å². The van der Waals surface area contributed by atoms with E-state index in [0.29, 0.717) is 31.1 Å². The minimum Gasteiger partial charge on any atom is -0.496 e. The van der Waals surface area contributed by atoms with E-state index in [0.717, 1.165) is 12.0 Å². The van der Waals surface area contributed by atoms with Crippen LogP contribution in [0.3, 0.4) is 0 Å². The molecular weight excluding hydrogens is 422 g/mol. The normalized spacial score (nSPS) is 16.5. The van der Waals surface area contributed by atoms with Gasteiger partial charge in [-0.1, -0.05) is 38.1 Å². The van der Waals surface area contributed by atoms with Gasteiger partial charge in [-0.15, -0.1) is 0 Å². The van der Waals surface area contributed by atoms with Crippen molar-refractivity contribution in [3.8, 4) is 5.75 Å². The molecule has 0 aromatic heterocycles. The van der Waals surface area contributed by atoms with Gasteiger partial charge in [-0.05, 0) is 55.4 Å². The molecule has 3 rings (SSSR count). The first kappa shape index (κ1) is 24.2. The number of methoxy groups -OCH3 is 1. The predicted molar refractivity (Wildman–Crippen MR) is 126 cm³/mol. The number of rotatable bonds is 8. The fourth-order valence-corrected chi connectivity index (χ4v) is 4.22. The topological polar surface area (TPSA) is 102 Å². The highest BCUT2D eigenvalue weighted by Gasteiger charge is 2.37. The SMILES string of the molecule is COc1ccc(NC(=O)C2CCCN2C(=O)C(C)c2ccc(CC(C)C)cc2)c([N+](=O)[O-])c1. The van der Waals surface area contributed by atoms with Crippen molar-refractivity contribution in [2.75, 3.05) is 19.0 Å². The zero-order chi connectivity index (χ0) is 24.1. The molecule has 33 heavy (non-hydrogen) atoms. The zero-order valence-corrected chi connectivity index (χ0v) is 19.5. The third-order valence-electron chi connectivity index (χ3n) is 5.99. The summed E-state index contributed by atoms with van der Waals surface area (Å²) in [6.07, 6.45) is 2.20. The van der Waals surface area contributed by atoms with E-state index in [9.17, 15) is 19.7 Å². The molecule has 1 aliphatic heterocycles. The second-order valence-electron chi connectivity index (χ2n) is 8.88. The van der Waals surface area contributed by atoms with Gasteiger partial charge in [0.1, 0.15) is 17.5 Å². The Labute approximate surface area is 194 Å². The summed E-state index contributed by atoms with van der Waals surface area (Å²) in [4.78, 5) is 38.7. The van der Waals surface area contributed by atoms with Crippen LogP contribution in [0.2, 0.25) is 0 Å². The summed E-state index contributed by atoms with van der Waals surface area (Å²) in [6, 6.07) is 11.6. The Hall–Kier alpha value is -3.42. The van der Waals surface area contributed by atoms with Crippen molar-refractivity contribution >= 4 is 23.2 Å². The van der Waals surface area contributed by atoms with Crippen molar-refractivity contribution in [1.82, 2.24) is 4.90 Å². The number of likely N-dealkylation sites (tertiary alicyclic amines) is 1. The van der Waals surface area contributed by atoms with Gasteiger partial charge < -0.3 is 15.0 Å². The van der Waals surface area contributed by atoms with Gasteiger partial charge in [0.05, 0.1) is 24.0 Å². The summed E-state index contributed by atoms with van der Waals surface area (Å²) in [6.45, 7) is 6.66. The van der Waals surface area contributed by atoms with Crippen LogP contribution in [0, 0.1) is 16.0 Å². The Bertz CT molecular complexity index is 1020. The van der Waals surface area contributed by atoms with Crippen LogP contribution in [0.4, 0.5) is 11.4 Å². The number of ether oxygens (including phenoxy) is 1. The molecule has 2 aromatic rings. The fourth-order valence-electron chi connectivity index (χ4n) is 4.22. The molecule has 1 heterocycles. The van der Waals surface area contributed by atoms with Crippen LogP contribution in [0.1, 0.15) is 50.7 Å². The van der Waals surface area contributed by atoms with Gasteiger partial charge >= 0.3 is 0 Å². The van der Waals surface area contributed by atoms with E-state index in [2.05, 4.69) is 31.3 Å². The van der Waals surface area contributed by atoms with E-state index in [1.54, 1.807) is 11.0 Å². The number of nitrogens with zero attached hydrogens (tertiary/aromatic N) is 2. The number of benzene rings is 2. The second-order valence-corrected chi connectivity index (χ2v) is 8.88. The maximum Gasteiger partial charge on any atom is 0.296 e. The number of nitrogens with one attached hydrogen (secondary N) is 1. The van der Waals surface area contributed by atoms with Crippen LogP contribution in [0.25, 0.3) is 0 Å². The van der Waals surface area contributed by atoms with E-state index < -0.39 is 16.9 Å². The van der Waals surface area contributed by atoms with Crippen LogP contribution in [0.15, 0.2) is 42.5 Å². The van der Waals surface area contributed by atoms with E-state index in [1.807, 2.05) is 19.1 Å². The third kappa shape index (κ3) is 5.69. The number of carbonyl (C=O) groups excluding carboxylic acids is 2. The van der Waals surface area contributed by atoms with Gasteiger partial charge in [0.25, 0.3) is 5.69 Å². The van der Waals surface area contributed by atoms with Crippen LogP contribution < -0.4 is 10.1 Å². The van der Waals surface area contributed by atoms with Crippen molar-refractivity contribution in [2.45, 2.75) is 52.0 Å². The number of hydrogen-bond donors (Lipinski definition) is 1. The highest BCUT2D eigenvalue weighted by atomic mass is 16.6. The van der Waals surface area contributed by atoms with Crippen LogP contribution in [-0.2, 0) is 16.0 Å². The maximum atomic E-state index is 13.3. The first-order valence-electron chi connectivity index (χ1n) is 11.2. The van der Waals surface area contributed by atoms with E-state index in [4.69, 9.17) is 4.74 Å². The minimum atomic E-state index is -0.665. The lowest BCUT2D eigenvalue weighted by atomic mass is 9.95. The molecular formula is C25H31N3O5. The largest absolute Gasteiger partial charge is 0.496 e. The van der Waals surface area contributed by atoms with Gasteiger partial charge in [-0.3, -0.25) is 19.7 Å². The third-order valence-corrected chi connectivity index (χ3v) is 5.99. The zero-order valence-electron chi connectivity index (χ0n) is 19.5. The molecule has 2 amide bonds. The Kier molecular flexibility index (Phi) is 7.68. The molecule has 1 N–H and O–H groups in total. The van der Waals surface area contributed by atoms with Gasteiger partial charge in [0, 0.05) is 6.54 Å². The monoisotopic (exact) mass is 453 g/mol. The fraction of sp³-hybridized carbons (Fsp3) is 0.440. The first-order chi connectivity index (χ1) is 15.7. The second kappa shape index (κ2) is 10.5. The summed E-state index contributed by atoms with van der Waals surface area (Å²) in [5.41, 5.74) is 1.96. The molecule has 2 unspecified atom stereocenters. The lowest BCUT2D eigenvalue weighted by Crippen LogP contribution is -2.44. The lowest BCUT2D eigenvalue weighted by molar-refractivity contribution is -0.384. The predicted octanol–water partition coefficient (Wildman–Crippen LogP) is 4.54. The van der Waals surface area contributed by atoms with Gasteiger partial charge in [0.2, 0.25) is 11.8 Å². The Morgan fingerprint density at radius 1 is 1.18 bits per heavy atom. The average molecular weight is 454 g/mol. The highest BCUT2D eigenvalue weighted by Crippen LogP contribution is 2.31. The number of nitro benzene ring substituents is 1. The lowest BCUT2D eigenvalue weighted by Gasteiger charge is -2.27. The van der Waals surface area contributed by atoms with Crippen LogP contribution in [-0.4, -0.2) is 41.3 Å². The van der Waals surface area contributed by atoms with Crippen molar-refractivity contribution in [3.05, 3.63) is 63.7 Å². The molecule has 1 aliphatic rings. The van der Waals surface area contributed by atoms with E-state index in [1.165, 1.54) is 24.8 Å². The number of hydrogen-bond acceptors (Lipinski definition) is 5. The highest BCUT2D eigenvalue weighted by molar-refractivity contribution is 5.99. The van der Waals surface area contributed by atoms with E-state index in [-0.39, 0.29) is 23.2 Å². The van der Waals surface area contributed by atoms with E-state index >= 15 is 0 Å². The summed E-state index contributed by atoms with van der Waals surface area (Å²) in [5.74, 6) is -0.0465. The molecule has 0 spiro atoms. The molecule has 176 valence electrons. The number of amides is 2. The average Bonchev–Trinajstić information content (AvgIpc) is 3.28. The van der Waals surface area contributed by atoms with Gasteiger partial charge in [0.15, 0.2) is 0 Å². The van der Waals surface area contributed by atoms with Crippen LogP contribution in [0.5, 0.6) is 5.75 Å². The summed E-state index contributed by atoms with van der Waals surface area (Å²) < 4.78 is 5.04. The molecule has 1 saturated heterocycles. The molecule has 2 atom stereocenters. The quantitative estimate of drug-likeness (QED) is 0.467. The Morgan fingerprint density at radius 3 is 2.48 bits per heavy atom. The summed E-state index contributed by atoms with van der Waals surface area (Å²) in [5, 5.41) is 14.1. The molecule has 8 nitrogen and oxygen atoms in total. The van der Waals surface area contributed by atoms with Gasteiger partial charge in [-0.2, -0.15) is 0 Å². The molecule has 1 fully saturated rings. The molecule has 0 saturated carbocycles. The molecule has 2 aromatic carbocycles. The maximum absolute atomic E-state index is 13.3. The first-order valence-corrected chi connectivity index (χ1v) is 11.2. The Balaban J connectivity index is 1.73. The molecule has 0 bridgehead atoms. The van der Waals surface area contributed by atoms with Gasteiger partial charge in [-0.25, -0.2) is 0 Å². The minimum absolute atomic E-state index is 0.0823. The smallest absolute Gasteiger partial charge is 0.296 e.